The third-order valence-electron chi connectivity index (χ3n) is 3.92. The van der Waals surface area contributed by atoms with Crippen LogP contribution in [0.3, 0.4) is 0 Å². The zero-order valence-electron chi connectivity index (χ0n) is 9.71. The third kappa shape index (κ3) is 1.92. The van der Waals surface area contributed by atoms with E-state index in [0.29, 0.717) is 0 Å². The Morgan fingerprint density at radius 1 is 1.06 bits per heavy atom. The predicted octanol–water partition coefficient (Wildman–Crippen LogP) is 3.33. The van der Waals surface area contributed by atoms with Gasteiger partial charge in [0.2, 0.25) is 0 Å². The first-order valence-electron chi connectivity index (χ1n) is 6.43. The Morgan fingerprint density at radius 3 is 2.44 bits per heavy atom. The van der Waals surface area contributed by atoms with Gasteiger partial charge in [-0.15, -0.1) is 0 Å². The molecule has 1 aromatic carbocycles. The van der Waals surface area contributed by atoms with E-state index in [2.05, 4.69) is 35.7 Å². The molecule has 1 aliphatic carbocycles. The molecule has 0 atom stereocenters. The Bertz CT molecular complexity index is 384. The quantitative estimate of drug-likeness (QED) is 0.794. The maximum atomic E-state index is 3.36. The molecule has 2 aliphatic rings. The van der Waals surface area contributed by atoms with Crippen LogP contribution < -0.4 is 5.32 Å². The molecule has 1 nitrogen and oxygen atoms in total. The standard InChI is InChI=1S/C15H19N/c1-2-12(3-1)13-4-6-14(7-5-13)15-8-10-16-11-9-15/h4-8,12,16H,1-3,9-11H2. The van der Waals surface area contributed by atoms with E-state index in [9.17, 15) is 0 Å². The molecule has 1 heterocycles. The van der Waals surface area contributed by atoms with Crippen molar-refractivity contribution in [1.82, 2.24) is 5.32 Å². The molecule has 16 heavy (non-hydrogen) atoms. The van der Waals surface area contributed by atoms with Gasteiger partial charge in [-0.25, -0.2) is 0 Å². The van der Waals surface area contributed by atoms with E-state index in [0.717, 1.165) is 19.0 Å². The van der Waals surface area contributed by atoms with E-state index < -0.39 is 0 Å². The normalized spacial score (nSPS) is 21.4. The minimum Gasteiger partial charge on any atom is -0.313 e. The Labute approximate surface area is 97.6 Å². The van der Waals surface area contributed by atoms with Gasteiger partial charge >= 0.3 is 0 Å². The molecule has 0 amide bonds. The van der Waals surface area contributed by atoms with Gasteiger partial charge in [-0.3, -0.25) is 0 Å². The van der Waals surface area contributed by atoms with E-state index in [4.69, 9.17) is 0 Å². The second-order valence-corrected chi connectivity index (χ2v) is 4.93. The molecule has 0 radical (unpaired) electrons. The van der Waals surface area contributed by atoms with Crippen molar-refractivity contribution < 1.29 is 0 Å². The van der Waals surface area contributed by atoms with Crippen LogP contribution in [0.25, 0.3) is 5.57 Å². The molecule has 0 spiro atoms. The van der Waals surface area contributed by atoms with Gasteiger partial charge in [0.25, 0.3) is 0 Å². The Balaban J connectivity index is 1.78. The molecule has 0 bridgehead atoms. The highest BCUT2D eigenvalue weighted by Crippen LogP contribution is 2.36. The zero-order chi connectivity index (χ0) is 10.8. The van der Waals surface area contributed by atoms with Crippen LogP contribution in [0.15, 0.2) is 30.3 Å². The topological polar surface area (TPSA) is 12.0 Å². The van der Waals surface area contributed by atoms with Crippen LogP contribution in [-0.2, 0) is 0 Å². The summed E-state index contributed by atoms with van der Waals surface area (Å²) in [6.45, 7) is 2.15. The van der Waals surface area contributed by atoms with Crippen LogP contribution in [0.4, 0.5) is 0 Å². The average Bonchev–Trinajstić information content (AvgIpc) is 2.29. The third-order valence-corrected chi connectivity index (χ3v) is 3.92. The lowest BCUT2D eigenvalue weighted by Crippen LogP contribution is -2.20. The van der Waals surface area contributed by atoms with Crippen LogP contribution >= 0.6 is 0 Å². The van der Waals surface area contributed by atoms with E-state index in [1.165, 1.54) is 36.8 Å². The first-order valence-corrected chi connectivity index (χ1v) is 6.43. The summed E-state index contributed by atoms with van der Waals surface area (Å²) in [6, 6.07) is 9.29. The molecule has 1 aliphatic heterocycles. The monoisotopic (exact) mass is 213 g/mol. The lowest BCUT2D eigenvalue weighted by atomic mass is 9.79. The summed E-state index contributed by atoms with van der Waals surface area (Å²) in [7, 11) is 0. The number of rotatable bonds is 2. The first kappa shape index (κ1) is 10.1. The van der Waals surface area contributed by atoms with Gasteiger partial charge < -0.3 is 5.32 Å². The van der Waals surface area contributed by atoms with Crippen LogP contribution in [0.2, 0.25) is 0 Å². The summed E-state index contributed by atoms with van der Waals surface area (Å²) >= 11 is 0. The molecule has 0 aromatic heterocycles. The van der Waals surface area contributed by atoms with Gasteiger partial charge in [0.1, 0.15) is 0 Å². The van der Waals surface area contributed by atoms with E-state index in [1.54, 1.807) is 5.56 Å². The second-order valence-electron chi connectivity index (χ2n) is 4.93. The van der Waals surface area contributed by atoms with Gasteiger partial charge in [0.05, 0.1) is 0 Å². The predicted molar refractivity (Wildman–Crippen MR) is 68.5 cm³/mol. The molecule has 84 valence electrons. The minimum atomic E-state index is 0.857. The summed E-state index contributed by atoms with van der Waals surface area (Å²) in [4.78, 5) is 0. The van der Waals surface area contributed by atoms with Gasteiger partial charge in [0, 0.05) is 6.54 Å². The highest BCUT2D eigenvalue weighted by Gasteiger charge is 2.19. The van der Waals surface area contributed by atoms with Crippen molar-refractivity contribution in [3.8, 4) is 0 Å². The van der Waals surface area contributed by atoms with Crippen molar-refractivity contribution in [2.45, 2.75) is 31.6 Å². The largest absolute Gasteiger partial charge is 0.313 e. The molecule has 1 saturated carbocycles. The van der Waals surface area contributed by atoms with E-state index in [-0.39, 0.29) is 0 Å². The zero-order valence-corrected chi connectivity index (χ0v) is 9.71. The van der Waals surface area contributed by atoms with Gasteiger partial charge in [-0.05, 0) is 48.4 Å². The van der Waals surface area contributed by atoms with Crippen LogP contribution in [0.5, 0.6) is 0 Å². The molecule has 1 aromatic rings. The van der Waals surface area contributed by atoms with Crippen LogP contribution in [0.1, 0.15) is 42.7 Å². The highest BCUT2D eigenvalue weighted by molar-refractivity contribution is 5.66. The van der Waals surface area contributed by atoms with Crippen molar-refractivity contribution in [2.24, 2.45) is 0 Å². The summed E-state index contributed by atoms with van der Waals surface area (Å²) in [5.41, 5.74) is 4.48. The average molecular weight is 213 g/mol. The van der Waals surface area contributed by atoms with Crippen molar-refractivity contribution in [1.29, 1.82) is 0 Å². The van der Waals surface area contributed by atoms with Crippen LogP contribution in [-0.4, -0.2) is 13.1 Å². The van der Waals surface area contributed by atoms with Gasteiger partial charge in [-0.1, -0.05) is 36.8 Å². The molecule has 3 rings (SSSR count). The lowest BCUT2D eigenvalue weighted by molar-refractivity contribution is 0.420. The lowest BCUT2D eigenvalue weighted by Gasteiger charge is -2.26. The van der Waals surface area contributed by atoms with Crippen molar-refractivity contribution in [3.63, 3.8) is 0 Å². The molecule has 0 saturated heterocycles. The van der Waals surface area contributed by atoms with Crippen molar-refractivity contribution in [3.05, 3.63) is 41.5 Å². The molecule has 0 unspecified atom stereocenters. The maximum Gasteiger partial charge on any atom is 0.0140 e. The summed E-state index contributed by atoms with van der Waals surface area (Å²) < 4.78 is 0. The Hall–Kier alpha value is -1.08. The number of nitrogens with one attached hydrogen (secondary N) is 1. The van der Waals surface area contributed by atoms with E-state index in [1.807, 2.05) is 0 Å². The number of hydrogen-bond donors (Lipinski definition) is 1. The van der Waals surface area contributed by atoms with E-state index >= 15 is 0 Å². The Morgan fingerprint density at radius 2 is 1.88 bits per heavy atom. The minimum absolute atomic E-state index is 0.857. The maximum absolute atomic E-state index is 3.36. The van der Waals surface area contributed by atoms with Crippen molar-refractivity contribution >= 4 is 5.57 Å². The summed E-state index contributed by atoms with van der Waals surface area (Å²) in [5, 5.41) is 3.36. The second kappa shape index (κ2) is 4.42. The fourth-order valence-corrected chi connectivity index (χ4v) is 2.60. The van der Waals surface area contributed by atoms with Crippen molar-refractivity contribution in [2.75, 3.05) is 13.1 Å². The van der Waals surface area contributed by atoms with Crippen LogP contribution in [0, 0.1) is 0 Å². The van der Waals surface area contributed by atoms with Gasteiger partial charge in [0.15, 0.2) is 0 Å². The molecular formula is C15H19N. The molecule has 1 fully saturated rings. The summed E-state index contributed by atoms with van der Waals surface area (Å²) in [6.07, 6.45) is 7.70. The number of benzene rings is 1. The number of hydrogen-bond acceptors (Lipinski definition) is 1. The fraction of sp³-hybridized carbons (Fsp3) is 0.467. The molecule has 1 heteroatoms. The molecule has 1 N–H and O–H groups in total. The van der Waals surface area contributed by atoms with Gasteiger partial charge in [-0.2, -0.15) is 0 Å². The highest BCUT2D eigenvalue weighted by atomic mass is 14.8. The molecular weight excluding hydrogens is 194 g/mol. The SMILES string of the molecule is C1=C(c2ccc(C3CCC3)cc2)CCNC1. The summed E-state index contributed by atoms with van der Waals surface area (Å²) in [5.74, 6) is 0.857. The Kier molecular flexibility index (Phi) is 2.79. The fourth-order valence-electron chi connectivity index (χ4n) is 2.60. The smallest absolute Gasteiger partial charge is 0.0140 e. The first-order chi connectivity index (χ1) is 7.93.